The number of allylic oxidation sites excluding steroid dienone is 1. The molecule has 0 atom stereocenters. The molecule has 1 aromatic heterocycles. The number of piperidine rings is 1. The molecule has 0 bridgehead atoms. The Kier molecular flexibility index (Phi) is 5.71. The van der Waals surface area contributed by atoms with Crippen LogP contribution in [-0.2, 0) is 0 Å². The van der Waals surface area contributed by atoms with Gasteiger partial charge < -0.3 is 21.2 Å². The van der Waals surface area contributed by atoms with Gasteiger partial charge in [0.1, 0.15) is 11.9 Å². The van der Waals surface area contributed by atoms with Crippen LogP contribution in [0, 0.1) is 11.2 Å². The van der Waals surface area contributed by atoms with Gasteiger partial charge in [0.2, 0.25) is 5.88 Å². The van der Waals surface area contributed by atoms with Crippen molar-refractivity contribution in [2.24, 2.45) is 5.73 Å². The molecule has 0 amide bonds. The first-order valence-electron chi connectivity index (χ1n) is 9.65. The number of nitrogens with two attached hydrogens (primary N) is 1. The Hall–Kier alpha value is -2.80. The maximum atomic E-state index is 14.6. The molecule has 154 valence electrons. The van der Waals surface area contributed by atoms with Gasteiger partial charge in [-0.05, 0) is 51.5 Å². The standard InChI is InChI=1S/C22H28FN5O/c1-21(2)10-16(11-22(3,4)28-21)29-20-8-7-19(26-27-20)17-6-5-14(9-18(17)23)15(12-24)13-25/h5-9,12-13,16,24,28H,10-11,25H2,1-4H3/b15-13+,24-12?. The highest BCUT2D eigenvalue weighted by Crippen LogP contribution is 2.31. The van der Waals surface area contributed by atoms with E-state index in [1.54, 1.807) is 24.3 Å². The van der Waals surface area contributed by atoms with E-state index >= 15 is 0 Å². The van der Waals surface area contributed by atoms with E-state index in [4.69, 9.17) is 15.9 Å². The highest BCUT2D eigenvalue weighted by atomic mass is 19.1. The van der Waals surface area contributed by atoms with Crippen LogP contribution in [0.3, 0.4) is 0 Å². The predicted molar refractivity (Wildman–Crippen MR) is 113 cm³/mol. The smallest absolute Gasteiger partial charge is 0.233 e. The lowest BCUT2D eigenvalue weighted by Gasteiger charge is -2.46. The molecule has 1 aliphatic heterocycles. The lowest BCUT2D eigenvalue weighted by molar-refractivity contribution is 0.0524. The molecule has 4 N–H and O–H groups in total. The fourth-order valence-electron chi connectivity index (χ4n) is 4.14. The zero-order valence-electron chi connectivity index (χ0n) is 17.3. The summed E-state index contributed by atoms with van der Waals surface area (Å²) in [4.78, 5) is 0. The number of hydrogen-bond acceptors (Lipinski definition) is 6. The third kappa shape index (κ3) is 4.98. The number of nitrogens with one attached hydrogen (secondary N) is 2. The largest absolute Gasteiger partial charge is 0.473 e. The maximum Gasteiger partial charge on any atom is 0.233 e. The Morgan fingerprint density at radius 3 is 2.38 bits per heavy atom. The minimum atomic E-state index is -0.450. The van der Waals surface area contributed by atoms with E-state index in [-0.39, 0.29) is 17.2 Å². The van der Waals surface area contributed by atoms with E-state index in [9.17, 15) is 4.39 Å². The Morgan fingerprint density at radius 2 is 1.86 bits per heavy atom. The maximum absolute atomic E-state index is 14.6. The van der Waals surface area contributed by atoms with Gasteiger partial charge in [0.05, 0.1) is 5.69 Å². The molecule has 6 nitrogen and oxygen atoms in total. The number of ether oxygens (including phenoxy) is 1. The molecule has 3 rings (SSSR count). The van der Waals surface area contributed by atoms with E-state index < -0.39 is 5.82 Å². The van der Waals surface area contributed by atoms with Gasteiger partial charge in [0.15, 0.2) is 0 Å². The van der Waals surface area contributed by atoms with Crippen molar-refractivity contribution in [1.29, 1.82) is 5.41 Å². The second-order valence-corrected chi connectivity index (χ2v) is 8.76. The van der Waals surface area contributed by atoms with E-state index in [0.717, 1.165) is 19.1 Å². The number of benzene rings is 1. The van der Waals surface area contributed by atoms with Crippen LogP contribution in [-0.4, -0.2) is 33.6 Å². The van der Waals surface area contributed by atoms with Gasteiger partial charge in [0, 0.05) is 53.5 Å². The molecule has 29 heavy (non-hydrogen) atoms. The van der Waals surface area contributed by atoms with Crippen molar-refractivity contribution < 1.29 is 9.13 Å². The summed E-state index contributed by atoms with van der Waals surface area (Å²) in [5.74, 6) is -0.0186. The fraction of sp³-hybridized carbons (Fsp3) is 0.409. The molecule has 2 aromatic rings. The number of hydrogen-bond donors (Lipinski definition) is 3. The van der Waals surface area contributed by atoms with E-state index in [0.29, 0.717) is 28.3 Å². The quantitative estimate of drug-likeness (QED) is 0.665. The van der Waals surface area contributed by atoms with Crippen LogP contribution in [0.5, 0.6) is 5.88 Å². The summed E-state index contributed by atoms with van der Waals surface area (Å²) >= 11 is 0. The van der Waals surface area contributed by atoms with Crippen LogP contribution in [0.25, 0.3) is 16.8 Å². The molecule has 0 aliphatic carbocycles. The van der Waals surface area contributed by atoms with Crippen LogP contribution in [0.15, 0.2) is 36.5 Å². The van der Waals surface area contributed by atoms with Gasteiger partial charge in [-0.1, -0.05) is 6.07 Å². The van der Waals surface area contributed by atoms with Crippen LogP contribution < -0.4 is 15.8 Å². The Morgan fingerprint density at radius 1 is 1.17 bits per heavy atom. The van der Waals surface area contributed by atoms with E-state index in [1.165, 1.54) is 12.3 Å². The highest BCUT2D eigenvalue weighted by molar-refractivity contribution is 6.08. The second kappa shape index (κ2) is 7.91. The van der Waals surface area contributed by atoms with Crippen molar-refractivity contribution in [3.05, 3.63) is 47.9 Å². The van der Waals surface area contributed by atoms with Crippen molar-refractivity contribution in [3.8, 4) is 17.1 Å². The van der Waals surface area contributed by atoms with Gasteiger partial charge >= 0.3 is 0 Å². The van der Waals surface area contributed by atoms with Gasteiger partial charge in [-0.15, -0.1) is 10.2 Å². The normalized spacial score (nSPS) is 19.0. The minimum Gasteiger partial charge on any atom is -0.473 e. The molecule has 7 heteroatoms. The first-order chi connectivity index (χ1) is 13.6. The average molecular weight is 397 g/mol. The molecule has 1 aromatic carbocycles. The van der Waals surface area contributed by atoms with Crippen molar-refractivity contribution in [2.75, 3.05) is 0 Å². The zero-order chi connectivity index (χ0) is 21.2. The Labute approximate surface area is 170 Å². The third-order valence-corrected chi connectivity index (χ3v) is 4.99. The van der Waals surface area contributed by atoms with Crippen molar-refractivity contribution >= 4 is 11.8 Å². The number of halogens is 1. The van der Waals surface area contributed by atoms with Gasteiger partial charge in [0.25, 0.3) is 0 Å². The Balaban J connectivity index is 1.76. The lowest BCUT2D eigenvalue weighted by atomic mass is 9.81. The van der Waals surface area contributed by atoms with E-state index in [2.05, 4.69) is 43.2 Å². The van der Waals surface area contributed by atoms with Gasteiger partial charge in [-0.25, -0.2) is 4.39 Å². The van der Waals surface area contributed by atoms with Crippen molar-refractivity contribution in [1.82, 2.24) is 15.5 Å². The summed E-state index contributed by atoms with van der Waals surface area (Å²) in [5, 5.41) is 19.2. The first-order valence-corrected chi connectivity index (χ1v) is 9.65. The van der Waals surface area contributed by atoms with Gasteiger partial charge in [-0.3, -0.25) is 0 Å². The molecule has 1 fully saturated rings. The molecule has 1 aliphatic rings. The third-order valence-electron chi connectivity index (χ3n) is 4.99. The van der Waals surface area contributed by atoms with Gasteiger partial charge in [-0.2, -0.15) is 0 Å². The topological polar surface area (TPSA) is 96.9 Å². The van der Waals surface area contributed by atoms with Crippen LogP contribution >= 0.6 is 0 Å². The summed E-state index contributed by atoms with van der Waals surface area (Å²) in [5.41, 5.74) is 7.13. The van der Waals surface area contributed by atoms with Crippen LogP contribution in [0.2, 0.25) is 0 Å². The summed E-state index contributed by atoms with van der Waals surface area (Å²) in [6.07, 6.45) is 4.11. The second-order valence-electron chi connectivity index (χ2n) is 8.76. The molecule has 0 unspecified atom stereocenters. The van der Waals surface area contributed by atoms with Crippen LogP contribution in [0.4, 0.5) is 4.39 Å². The Bertz CT molecular complexity index is 905. The molecule has 0 radical (unpaired) electrons. The lowest BCUT2D eigenvalue weighted by Crippen LogP contribution is -2.60. The van der Waals surface area contributed by atoms with Crippen LogP contribution in [0.1, 0.15) is 46.1 Å². The average Bonchev–Trinajstić information content (AvgIpc) is 2.61. The monoisotopic (exact) mass is 397 g/mol. The molecule has 0 saturated carbocycles. The summed E-state index contributed by atoms with van der Waals surface area (Å²) in [6.45, 7) is 8.65. The fourth-order valence-corrected chi connectivity index (χ4v) is 4.14. The summed E-state index contributed by atoms with van der Waals surface area (Å²) in [6, 6.07) is 8.08. The predicted octanol–water partition coefficient (Wildman–Crippen LogP) is 3.92. The number of rotatable bonds is 5. The first kappa shape index (κ1) is 20.9. The SMILES string of the molecule is CC1(C)CC(Oc2ccc(-c3ccc(/C(C=N)=C/N)cc3F)nn2)CC(C)(C)N1. The summed E-state index contributed by atoms with van der Waals surface area (Å²) < 4.78 is 20.6. The minimum absolute atomic E-state index is 0.0278. The van der Waals surface area contributed by atoms with E-state index in [1.807, 2.05) is 0 Å². The molecular weight excluding hydrogens is 369 g/mol. The van der Waals surface area contributed by atoms with Crippen molar-refractivity contribution in [2.45, 2.75) is 57.7 Å². The molecule has 0 spiro atoms. The molecular formula is C22H28FN5O. The number of aromatic nitrogens is 2. The number of nitrogens with zero attached hydrogens (tertiary/aromatic N) is 2. The summed E-state index contributed by atoms with van der Waals surface area (Å²) in [7, 11) is 0. The molecule has 2 heterocycles. The van der Waals surface area contributed by atoms with Crippen molar-refractivity contribution in [3.63, 3.8) is 0 Å². The highest BCUT2D eigenvalue weighted by Gasteiger charge is 2.38. The zero-order valence-corrected chi connectivity index (χ0v) is 17.3. The molecule has 1 saturated heterocycles.